The zero-order chi connectivity index (χ0) is 12.8. The number of nitrogens with one attached hydrogen (secondary N) is 1. The smallest absolute Gasteiger partial charge is 0.0480 e. The molecule has 3 heteroatoms. The molecular formula is C15H30N2O. The van der Waals surface area contributed by atoms with Gasteiger partial charge in [-0.3, -0.25) is 4.90 Å². The van der Waals surface area contributed by atoms with Crippen LogP contribution in [0.15, 0.2) is 0 Å². The van der Waals surface area contributed by atoms with E-state index in [1.54, 1.807) is 0 Å². The minimum absolute atomic E-state index is 0.756. The fraction of sp³-hybridized carbons (Fsp3) is 1.00. The van der Waals surface area contributed by atoms with Gasteiger partial charge in [-0.1, -0.05) is 20.3 Å². The van der Waals surface area contributed by atoms with Crippen molar-refractivity contribution in [1.82, 2.24) is 10.2 Å². The highest BCUT2D eigenvalue weighted by Crippen LogP contribution is 2.25. The second kappa shape index (κ2) is 7.46. The molecule has 2 rings (SSSR count). The molecule has 18 heavy (non-hydrogen) atoms. The molecule has 0 aromatic carbocycles. The number of nitrogens with zero attached hydrogens (tertiary/aromatic N) is 1. The Morgan fingerprint density at radius 3 is 2.61 bits per heavy atom. The molecule has 0 bridgehead atoms. The normalized spacial score (nSPS) is 31.7. The lowest BCUT2D eigenvalue weighted by Gasteiger charge is -2.43. The molecule has 2 aliphatic rings. The van der Waals surface area contributed by atoms with E-state index in [9.17, 15) is 0 Å². The predicted molar refractivity (Wildman–Crippen MR) is 75.9 cm³/mol. The zero-order valence-electron chi connectivity index (χ0n) is 12.2. The highest BCUT2D eigenvalue weighted by molar-refractivity contribution is 4.88. The number of likely N-dealkylation sites (tertiary alicyclic amines) is 1. The van der Waals surface area contributed by atoms with Crippen molar-refractivity contribution >= 4 is 0 Å². The zero-order valence-corrected chi connectivity index (χ0v) is 12.2. The fourth-order valence-electron chi connectivity index (χ4n) is 3.45. The summed E-state index contributed by atoms with van der Waals surface area (Å²) in [6, 6.07) is 1.55. The van der Waals surface area contributed by atoms with Crippen LogP contribution < -0.4 is 5.32 Å². The monoisotopic (exact) mass is 254 g/mol. The van der Waals surface area contributed by atoms with Crippen LogP contribution in [-0.4, -0.2) is 49.8 Å². The van der Waals surface area contributed by atoms with Crippen molar-refractivity contribution in [3.05, 3.63) is 0 Å². The Balaban J connectivity index is 1.83. The Kier molecular flexibility index (Phi) is 5.93. The van der Waals surface area contributed by atoms with E-state index < -0.39 is 0 Å². The number of hydrogen-bond donors (Lipinski definition) is 1. The van der Waals surface area contributed by atoms with Gasteiger partial charge in [-0.05, 0) is 44.7 Å². The fourth-order valence-corrected chi connectivity index (χ4v) is 3.45. The Labute approximate surface area is 112 Å². The maximum atomic E-state index is 5.48. The summed E-state index contributed by atoms with van der Waals surface area (Å²) in [7, 11) is 0. The Hall–Kier alpha value is -0.120. The van der Waals surface area contributed by atoms with Crippen molar-refractivity contribution in [2.24, 2.45) is 5.92 Å². The van der Waals surface area contributed by atoms with Crippen LogP contribution in [0.5, 0.6) is 0 Å². The van der Waals surface area contributed by atoms with Crippen LogP contribution in [0.2, 0.25) is 0 Å². The Morgan fingerprint density at radius 1 is 1.17 bits per heavy atom. The van der Waals surface area contributed by atoms with Crippen LogP contribution in [0, 0.1) is 5.92 Å². The van der Waals surface area contributed by atoms with Crippen molar-refractivity contribution in [2.75, 3.05) is 32.8 Å². The summed E-state index contributed by atoms with van der Waals surface area (Å²) in [5, 5.41) is 3.74. The Morgan fingerprint density at radius 2 is 1.94 bits per heavy atom. The van der Waals surface area contributed by atoms with Crippen LogP contribution in [-0.2, 0) is 4.74 Å². The van der Waals surface area contributed by atoms with E-state index in [0.29, 0.717) is 0 Å². The molecule has 2 saturated heterocycles. The quantitative estimate of drug-likeness (QED) is 0.814. The Bertz CT molecular complexity index is 229. The topological polar surface area (TPSA) is 24.5 Å². The van der Waals surface area contributed by atoms with Crippen molar-refractivity contribution in [3.63, 3.8) is 0 Å². The van der Waals surface area contributed by atoms with E-state index in [4.69, 9.17) is 4.74 Å². The lowest BCUT2D eigenvalue weighted by Crippen LogP contribution is -2.53. The second-order valence-corrected chi connectivity index (χ2v) is 5.86. The third-order valence-electron chi connectivity index (χ3n) is 4.65. The average Bonchev–Trinajstić information content (AvgIpc) is 2.46. The minimum Gasteiger partial charge on any atom is -0.381 e. The van der Waals surface area contributed by atoms with Crippen molar-refractivity contribution in [2.45, 2.75) is 58.0 Å². The van der Waals surface area contributed by atoms with Crippen molar-refractivity contribution in [1.29, 1.82) is 0 Å². The van der Waals surface area contributed by atoms with E-state index in [2.05, 4.69) is 24.1 Å². The van der Waals surface area contributed by atoms with E-state index in [1.807, 2.05) is 0 Å². The molecule has 0 aromatic rings. The summed E-state index contributed by atoms with van der Waals surface area (Å²) in [6.45, 7) is 10.3. The van der Waals surface area contributed by atoms with Gasteiger partial charge in [-0.2, -0.15) is 0 Å². The number of piperidine rings is 1. The molecule has 2 aliphatic heterocycles. The summed E-state index contributed by atoms with van der Waals surface area (Å²) < 4.78 is 5.48. The van der Waals surface area contributed by atoms with Gasteiger partial charge in [0.15, 0.2) is 0 Å². The highest BCUT2D eigenvalue weighted by atomic mass is 16.5. The molecular weight excluding hydrogens is 224 g/mol. The molecule has 1 N–H and O–H groups in total. The first-order chi connectivity index (χ1) is 8.85. The van der Waals surface area contributed by atoms with E-state index in [1.165, 1.54) is 51.7 Å². The lowest BCUT2D eigenvalue weighted by atomic mass is 9.88. The van der Waals surface area contributed by atoms with E-state index in [0.717, 1.165) is 31.2 Å². The summed E-state index contributed by atoms with van der Waals surface area (Å²) in [6.07, 6.45) is 6.36. The molecule has 0 saturated carbocycles. The van der Waals surface area contributed by atoms with Gasteiger partial charge in [0.1, 0.15) is 0 Å². The first-order valence-corrected chi connectivity index (χ1v) is 7.90. The maximum Gasteiger partial charge on any atom is 0.0480 e. The summed E-state index contributed by atoms with van der Waals surface area (Å²) in [5.41, 5.74) is 0. The summed E-state index contributed by atoms with van der Waals surface area (Å²) in [4.78, 5) is 2.74. The van der Waals surface area contributed by atoms with Crippen LogP contribution in [0.1, 0.15) is 46.0 Å². The first kappa shape index (κ1) is 14.3. The molecule has 2 fully saturated rings. The van der Waals surface area contributed by atoms with Crippen LogP contribution in [0.4, 0.5) is 0 Å². The van der Waals surface area contributed by atoms with Crippen LogP contribution in [0.3, 0.4) is 0 Å². The molecule has 0 radical (unpaired) electrons. The van der Waals surface area contributed by atoms with Crippen molar-refractivity contribution < 1.29 is 4.74 Å². The molecule has 2 heterocycles. The van der Waals surface area contributed by atoms with Gasteiger partial charge in [0.2, 0.25) is 0 Å². The molecule has 3 nitrogen and oxygen atoms in total. The number of ether oxygens (including phenoxy) is 1. The van der Waals surface area contributed by atoms with E-state index in [-0.39, 0.29) is 0 Å². The molecule has 0 spiro atoms. The molecule has 2 atom stereocenters. The SMILES string of the molecule is CCCNC1CCN(C2CCOCC2)CC1CC. The lowest BCUT2D eigenvalue weighted by molar-refractivity contribution is 0.0108. The van der Waals surface area contributed by atoms with Gasteiger partial charge in [0.25, 0.3) is 0 Å². The molecule has 106 valence electrons. The largest absolute Gasteiger partial charge is 0.381 e. The van der Waals surface area contributed by atoms with Crippen molar-refractivity contribution in [3.8, 4) is 0 Å². The third kappa shape index (κ3) is 3.69. The molecule has 0 amide bonds. The van der Waals surface area contributed by atoms with Gasteiger partial charge >= 0.3 is 0 Å². The maximum absolute atomic E-state index is 5.48. The standard InChI is InChI=1S/C15H30N2O/c1-3-8-16-15-5-9-17(12-13(15)4-2)14-6-10-18-11-7-14/h13-16H,3-12H2,1-2H3. The molecule has 0 aromatic heterocycles. The van der Waals surface area contributed by atoms with Gasteiger partial charge in [-0.25, -0.2) is 0 Å². The second-order valence-electron chi connectivity index (χ2n) is 5.86. The third-order valence-corrected chi connectivity index (χ3v) is 4.65. The number of hydrogen-bond acceptors (Lipinski definition) is 3. The van der Waals surface area contributed by atoms with Gasteiger partial charge in [0, 0.05) is 31.8 Å². The minimum atomic E-state index is 0.756. The molecule has 2 unspecified atom stereocenters. The van der Waals surface area contributed by atoms with Gasteiger partial charge in [-0.15, -0.1) is 0 Å². The summed E-state index contributed by atoms with van der Waals surface area (Å²) in [5.74, 6) is 0.841. The summed E-state index contributed by atoms with van der Waals surface area (Å²) >= 11 is 0. The average molecular weight is 254 g/mol. The van der Waals surface area contributed by atoms with Gasteiger partial charge < -0.3 is 10.1 Å². The van der Waals surface area contributed by atoms with Gasteiger partial charge in [0.05, 0.1) is 0 Å². The van der Waals surface area contributed by atoms with Crippen LogP contribution >= 0.6 is 0 Å². The number of rotatable bonds is 5. The predicted octanol–water partition coefficient (Wildman–Crippen LogP) is 2.27. The highest BCUT2D eigenvalue weighted by Gasteiger charge is 2.31. The van der Waals surface area contributed by atoms with Crippen LogP contribution in [0.25, 0.3) is 0 Å². The van der Waals surface area contributed by atoms with E-state index >= 15 is 0 Å². The molecule has 0 aliphatic carbocycles. The first-order valence-electron chi connectivity index (χ1n) is 7.90.